The maximum absolute atomic E-state index is 4.53. The van der Waals surface area contributed by atoms with Gasteiger partial charge in [-0.2, -0.15) is 0 Å². The Bertz CT molecular complexity index is 780. The van der Waals surface area contributed by atoms with Crippen molar-refractivity contribution < 1.29 is 0 Å². The second kappa shape index (κ2) is 4.97. The van der Waals surface area contributed by atoms with Gasteiger partial charge in [-0.15, -0.1) is 0 Å². The van der Waals surface area contributed by atoms with Crippen LogP contribution < -0.4 is 0 Å². The molecule has 0 amide bonds. The zero-order valence-electron chi connectivity index (χ0n) is 12.1. The van der Waals surface area contributed by atoms with Gasteiger partial charge in [0.1, 0.15) is 0 Å². The lowest BCUT2D eigenvalue weighted by Gasteiger charge is -2.02. The molecule has 2 aromatic heterocycles. The van der Waals surface area contributed by atoms with Crippen LogP contribution in [0.1, 0.15) is 22.5 Å². The average molecular weight is 262 g/mol. The number of hydrogen-bond donors (Lipinski definition) is 0. The number of nitrogens with zero attached hydrogens (tertiary/aromatic N) is 2. The predicted molar refractivity (Wildman–Crippen MR) is 85.6 cm³/mol. The fourth-order valence-corrected chi connectivity index (χ4v) is 2.60. The largest absolute Gasteiger partial charge is 0.346 e. The van der Waals surface area contributed by atoms with Gasteiger partial charge in [0.05, 0.1) is 11.2 Å². The van der Waals surface area contributed by atoms with Gasteiger partial charge >= 0.3 is 0 Å². The first-order valence-electron chi connectivity index (χ1n) is 6.82. The van der Waals surface area contributed by atoms with Crippen LogP contribution in [0, 0.1) is 13.8 Å². The van der Waals surface area contributed by atoms with Gasteiger partial charge in [-0.3, -0.25) is 4.98 Å². The molecule has 0 saturated carbocycles. The Morgan fingerprint density at radius 1 is 1.00 bits per heavy atom. The van der Waals surface area contributed by atoms with Crippen molar-refractivity contribution in [3.63, 3.8) is 0 Å². The molecule has 0 bridgehead atoms. The second-order valence-corrected chi connectivity index (χ2v) is 5.11. The smallest absolute Gasteiger partial charge is 0.0872 e. The lowest BCUT2D eigenvalue weighted by molar-refractivity contribution is 0.906. The maximum atomic E-state index is 4.53. The molecular formula is C18H18N2. The molecule has 0 aliphatic heterocycles. The standard InChI is InChI=1S/C18H18N2/c1-13-14(2)20(3)18-16(13)11-12-19-17(18)10-9-15-7-5-4-6-8-15/h4-12H,1-3H3/b10-9+. The van der Waals surface area contributed by atoms with Crippen LogP contribution in [0.15, 0.2) is 42.6 Å². The van der Waals surface area contributed by atoms with Crippen LogP contribution in [0.5, 0.6) is 0 Å². The molecule has 0 aliphatic rings. The summed E-state index contributed by atoms with van der Waals surface area (Å²) in [7, 11) is 2.10. The first kappa shape index (κ1) is 12.7. The molecule has 3 aromatic rings. The van der Waals surface area contributed by atoms with Gasteiger partial charge in [-0.25, -0.2) is 0 Å². The fraction of sp³-hybridized carbons (Fsp3) is 0.167. The van der Waals surface area contributed by atoms with Gasteiger partial charge in [-0.1, -0.05) is 36.4 Å². The van der Waals surface area contributed by atoms with Crippen molar-refractivity contribution in [1.29, 1.82) is 0 Å². The Hall–Kier alpha value is -2.35. The van der Waals surface area contributed by atoms with Gasteiger partial charge in [-0.05, 0) is 37.1 Å². The van der Waals surface area contributed by atoms with Gasteiger partial charge in [0, 0.05) is 24.3 Å². The topological polar surface area (TPSA) is 17.8 Å². The summed E-state index contributed by atoms with van der Waals surface area (Å²) in [5, 5.41) is 1.28. The molecule has 20 heavy (non-hydrogen) atoms. The first-order valence-corrected chi connectivity index (χ1v) is 6.82. The molecular weight excluding hydrogens is 244 g/mol. The second-order valence-electron chi connectivity index (χ2n) is 5.11. The summed E-state index contributed by atoms with van der Waals surface area (Å²) in [5.41, 5.74) is 6.04. The molecule has 2 nitrogen and oxygen atoms in total. The summed E-state index contributed by atoms with van der Waals surface area (Å²) < 4.78 is 2.22. The minimum atomic E-state index is 1.02. The number of aryl methyl sites for hydroxylation is 2. The van der Waals surface area contributed by atoms with Crippen molar-refractivity contribution >= 4 is 23.1 Å². The van der Waals surface area contributed by atoms with Crippen molar-refractivity contribution in [2.45, 2.75) is 13.8 Å². The monoisotopic (exact) mass is 262 g/mol. The molecule has 0 radical (unpaired) electrons. The minimum absolute atomic E-state index is 1.02. The van der Waals surface area contributed by atoms with E-state index in [-0.39, 0.29) is 0 Å². The van der Waals surface area contributed by atoms with Gasteiger partial charge in [0.25, 0.3) is 0 Å². The molecule has 0 fully saturated rings. The van der Waals surface area contributed by atoms with Crippen molar-refractivity contribution in [3.05, 3.63) is 65.1 Å². The zero-order chi connectivity index (χ0) is 14.1. The highest BCUT2D eigenvalue weighted by Crippen LogP contribution is 2.26. The summed E-state index contributed by atoms with van der Waals surface area (Å²) in [5.74, 6) is 0. The van der Waals surface area contributed by atoms with Crippen molar-refractivity contribution in [1.82, 2.24) is 9.55 Å². The van der Waals surface area contributed by atoms with Gasteiger partial charge < -0.3 is 4.57 Å². The molecule has 0 unspecified atom stereocenters. The third kappa shape index (κ3) is 2.03. The van der Waals surface area contributed by atoms with E-state index in [0.29, 0.717) is 0 Å². The number of hydrogen-bond acceptors (Lipinski definition) is 1. The lowest BCUT2D eigenvalue weighted by atomic mass is 10.1. The first-order chi connectivity index (χ1) is 9.68. The Kier molecular flexibility index (Phi) is 3.15. The van der Waals surface area contributed by atoms with Gasteiger partial charge in [0.2, 0.25) is 0 Å². The van der Waals surface area contributed by atoms with Crippen molar-refractivity contribution in [2.75, 3.05) is 0 Å². The van der Waals surface area contributed by atoms with Crippen LogP contribution >= 0.6 is 0 Å². The summed E-state index contributed by atoms with van der Waals surface area (Å²) >= 11 is 0. The molecule has 0 spiro atoms. The number of aromatic nitrogens is 2. The predicted octanol–water partition coefficient (Wildman–Crippen LogP) is 4.36. The molecule has 0 saturated heterocycles. The molecule has 100 valence electrons. The van der Waals surface area contributed by atoms with E-state index in [1.165, 1.54) is 27.7 Å². The lowest BCUT2D eigenvalue weighted by Crippen LogP contribution is -1.93. The Morgan fingerprint density at radius 3 is 2.50 bits per heavy atom. The summed E-state index contributed by atoms with van der Waals surface area (Å²) in [4.78, 5) is 4.53. The SMILES string of the molecule is Cc1c(C)n(C)c2c(/C=C/c3ccccc3)nccc12. The molecule has 0 aliphatic carbocycles. The van der Waals surface area contributed by atoms with Crippen LogP contribution in [0.4, 0.5) is 0 Å². The molecule has 1 aromatic carbocycles. The highest BCUT2D eigenvalue weighted by Gasteiger charge is 2.10. The highest BCUT2D eigenvalue weighted by molar-refractivity contribution is 5.92. The van der Waals surface area contributed by atoms with E-state index in [9.17, 15) is 0 Å². The van der Waals surface area contributed by atoms with Crippen LogP contribution in [-0.2, 0) is 7.05 Å². The number of rotatable bonds is 2. The molecule has 0 atom stereocenters. The maximum Gasteiger partial charge on any atom is 0.0872 e. The Labute approximate surface area is 119 Å². The third-order valence-electron chi connectivity index (χ3n) is 3.97. The van der Waals surface area contributed by atoms with Crippen LogP contribution in [-0.4, -0.2) is 9.55 Å². The summed E-state index contributed by atoms with van der Waals surface area (Å²) in [6.45, 7) is 4.32. The molecule has 0 N–H and O–H groups in total. The number of fused-ring (bicyclic) bond motifs is 1. The molecule has 3 rings (SSSR count). The molecule has 2 heterocycles. The fourth-order valence-electron chi connectivity index (χ4n) is 2.60. The van der Waals surface area contributed by atoms with E-state index in [1.807, 2.05) is 24.4 Å². The highest BCUT2D eigenvalue weighted by atomic mass is 15.0. The number of pyridine rings is 1. The van der Waals surface area contributed by atoms with E-state index in [1.54, 1.807) is 0 Å². The summed E-state index contributed by atoms with van der Waals surface area (Å²) in [6, 6.07) is 12.4. The van der Waals surface area contributed by atoms with Gasteiger partial charge in [0.15, 0.2) is 0 Å². The Morgan fingerprint density at radius 2 is 1.75 bits per heavy atom. The van der Waals surface area contributed by atoms with E-state index >= 15 is 0 Å². The average Bonchev–Trinajstić information content (AvgIpc) is 2.72. The Balaban J connectivity index is 2.13. The molecule has 2 heteroatoms. The van der Waals surface area contributed by atoms with Crippen molar-refractivity contribution in [3.8, 4) is 0 Å². The quantitative estimate of drug-likeness (QED) is 0.671. The zero-order valence-corrected chi connectivity index (χ0v) is 12.1. The van der Waals surface area contributed by atoms with Crippen LogP contribution in [0.3, 0.4) is 0 Å². The van der Waals surface area contributed by atoms with E-state index < -0.39 is 0 Å². The van der Waals surface area contributed by atoms with E-state index in [2.05, 4.69) is 60.8 Å². The minimum Gasteiger partial charge on any atom is -0.346 e. The normalized spacial score (nSPS) is 11.6. The van der Waals surface area contributed by atoms with Crippen molar-refractivity contribution in [2.24, 2.45) is 7.05 Å². The third-order valence-corrected chi connectivity index (χ3v) is 3.97. The van der Waals surface area contributed by atoms with E-state index in [0.717, 1.165) is 5.69 Å². The van der Waals surface area contributed by atoms with Crippen LogP contribution in [0.25, 0.3) is 23.1 Å². The summed E-state index contributed by atoms with van der Waals surface area (Å²) in [6.07, 6.45) is 6.09. The van der Waals surface area contributed by atoms with Crippen LogP contribution in [0.2, 0.25) is 0 Å². The number of benzene rings is 1. The van der Waals surface area contributed by atoms with E-state index in [4.69, 9.17) is 0 Å².